The third-order valence-corrected chi connectivity index (χ3v) is 3.90. The molecule has 152 valence electrons. The Hall–Kier alpha value is -3.44. The quantitative estimate of drug-likeness (QED) is 0.649. The molecule has 0 spiro atoms. The van der Waals surface area contributed by atoms with Gasteiger partial charge in [0.25, 0.3) is 5.91 Å². The van der Waals surface area contributed by atoms with Gasteiger partial charge in [-0.1, -0.05) is 0 Å². The van der Waals surface area contributed by atoms with Crippen molar-refractivity contribution in [3.05, 3.63) is 65.0 Å². The molecule has 29 heavy (non-hydrogen) atoms. The number of tetrazole rings is 1. The topological polar surface area (TPSA) is 72.7 Å². The van der Waals surface area contributed by atoms with Crippen LogP contribution in [0.1, 0.15) is 27.0 Å². The monoisotopic (exact) mass is 415 g/mol. The highest BCUT2D eigenvalue weighted by molar-refractivity contribution is 6.04. The van der Waals surface area contributed by atoms with Gasteiger partial charge in [0.15, 0.2) is 0 Å². The molecule has 0 unspecified atom stereocenters. The maximum Gasteiger partial charge on any atom is 0.416 e. The molecule has 0 aliphatic carbocycles. The Kier molecular flexibility index (Phi) is 5.03. The summed E-state index contributed by atoms with van der Waals surface area (Å²) in [4.78, 5) is 12.4. The first-order valence-electron chi connectivity index (χ1n) is 7.90. The predicted octanol–water partition coefficient (Wildman–Crippen LogP) is 4.26. The van der Waals surface area contributed by atoms with E-state index in [0.717, 1.165) is 0 Å². The SMILES string of the molecule is Cc1cc(C(=O)Nc2cc(C(F)(F)F)cc(C(F)(F)F)c2)ccc1-n1cnnn1. The number of carbonyl (C=O) groups is 1. The van der Waals surface area contributed by atoms with Gasteiger partial charge < -0.3 is 5.32 Å². The van der Waals surface area contributed by atoms with Crippen molar-refractivity contribution in [2.45, 2.75) is 19.3 Å². The zero-order valence-electron chi connectivity index (χ0n) is 14.5. The summed E-state index contributed by atoms with van der Waals surface area (Å²) in [6, 6.07) is 5.11. The second kappa shape index (κ2) is 7.18. The van der Waals surface area contributed by atoms with Crippen LogP contribution in [0.3, 0.4) is 0 Å². The Labute approximate surface area is 159 Å². The molecule has 1 amide bonds. The number of nitrogens with zero attached hydrogens (tertiary/aromatic N) is 4. The van der Waals surface area contributed by atoms with Crippen molar-refractivity contribution in [1.29, 1.82) is 0 Å². The number of carbonyl (C=O) groups excluding carboxylic acids is 1. The van der Waals surface area contributed by atoms with Crippen LogP contribution >= 0.6 is 0 Å². The molecule has 6 nitrogen and oxygen atoms in total. The van der Waals surface area contributed by atoms with Crippen molar-refractivity contribution in [3.63, 3.8) is 0 Å². The zero-order valence-corrected chi connectivity index (χ0v) is 14.5. The summed E-state index contributed by atoms with van der Waals surface area (Å²) in [7, 11) is 0. The van der Waals surface area contributed by atoms with Crippen LogP contribution in [0, 0.1) is 6.92 Å². The number of rotatable bonds is 3. The molecular formula is C17H11F6N5O. The minimum atomic E-state index is -5.01. The Morgan fingerprint density at radius 2 is 1.59 bits per heavy atom. The number of aromatic nitrogens is 4. The lowest BCUT2D eigenvalue weighted by molar-refractivity contribution is -0.143. The molecule has 0 atom stereocenters. The maximum absolute atomic E-state index is 12.9. The summed E-state index contributed by atoms with van der Waals surface area (Å²) in [5.41, 5.74) is -2.53. The number of nitrogens with one attached hydrogen (secondary N) is 1. The summed E-state index contributed by atoms with van der Waals surface area (Å²) in [6.07, 6.45) is -8.70. The third kappa shape index (κ3) is 4.52. The van der Waals surface area contributed by atoms with Gasteiger partial charge in [-0.15, -0.1) is 5.10 Å². The minimum Gasteiger partial charge on any atom is -0.322 e. The van der Waals surface area contributed by atoms with Crippen LogP contribution in [-0.4, -0.2) is 26.1 Å². The van der Waals surface area contributed by atoms with E-state index < -0.39 is 35.1 Å². The Bertz CT molecular complexity index is 1010. The van der Waals surface area contributed by atoms with Gasteiger partial charge in [0.1, 0.15) is 6.33 Å². The van der Waals surface area contributed by atoms with E-state index in [2.05, 4.69) is 20.8 Å². The van der Waals surface area contributed by atoms with E-state index in [9.17, 15) is 31.1 Å². The number of benzene rings is 2. The Balaban J connectivity index is 1.91. The van der Waals surface area contributed by atoms with Crippen molar-refractivity contribution in [2.75, 3.05) is 5.32 Å². The molecule has 0 aliphatic heterocycles. The van der Waals surface area contributed by atoms with Gasteiger partial charge in [-0.3, -0.25) is 4.79 Å². The van der Waals surface area contributed by atoms with Crippen LogP contribution in [0.2, 0.25) is 0 Å². The van der Waals surface area contributed by atoms with Crippen molar-refractivity contribution >= 4 is 11.6 Å². The van der Waals surface area contributed by atoms with E-state index in [1.807, 2.05) is 0 Å². The molecule has 0 saturated carbocycles. The number of aryl methyl sites for hydroxylation is 1. The average molecular weight is 415 g/mol. The smallest absolute Gasteiger partial charge is 0.322 e. The molecule has 12 heteroatoms. The molecule has 3 rings (SSSR count). The van der Waals surface area contributed by atoms with Crippen LogP contribution in [0.15, 0.2) is 42.7 Å². The Morgan fingerprint density at radius 3 is 2.07 bits per heavy atom. The van der Waals surface area contributed by atoms with Crippen LogP contribution in [0.5, 0.6) is 0 Å². The van der Waals surface area contributed by atoms with Gasteiger partial charge in [0.05, 0.1) is 16.8 Å². The van der Waals surface area contributed by atoms with Crippen molar-refractivity contribution in [3.8, 4) is 5.69 Å². The number of hydrogen-bond donors (Lipinski definition) is 1. The Morgan fingerprint density at radius 1 is 0.966 bits per heavy atom. The second-order valence-corrected chi connectivity index (χ2v) is 6.00. The van der Waals surface area contributed by atoms with E-state index in [1.54, 1.807) is 6.92 Å². The van der Waals surface area contributed by atoms with Crippen LogP contribution in [0.25, 0.3) is 5.69 Å². The highest BCUT2D eigenvalue weighted by Crippen LogP contribution is 2.37. The first-order chi connectivity index (χ1) is 13.4. The van der Waals surface area contributed by atoms with Gasteiger partial charge in [-0.25, -0.2) is 4.68 Å². The van der Waals surface area contributed by atoms with Gasteiger partial charge in [-0.2, -0.15) is 26.3 Å². The number of amides is 1. The maximum atomic E-state index is 12.9. The molecular weight excluding hydrogens is 404 g/mol. The average Bonchev–Trinajstić information content (AvgIpc) is 3.14. The van der Waals surface area contributed by atoms with E-state index in [-0.39, 0.29) is 11.6 Å². The van der Waals surface area contributed by atoms with Crippen molar-refractivity contribution in [2.24, 2.45) is 0 Å². The molecule has 0 aliphatic rings. The standard InChI is InChI=1S/C17H11F6N5O/c1-9-4-10(2-3-14(9)28-8-24-26-27-28)15(29)25-13-6-11(16(18,19)20)5-12(7-13)17(21,22)23/h2-8H,1H3,(H,25,29). The van der Waals surface area contributed by atoms with E-state index >= 15 is 0 Å². The highest BCUT2D eigenvalue weighted by atomic mass is 19.4. The van der Waals surface area contributed by atoms with Crippen molar-refractivity contribution < 1.29 is 31.1 Å². The number of alkyl halides is 6. The summed E-state index contributed by atoms with van der Waals surface area (Å²) in [6.45, 7) is 1.64. The summed E-state index contributed by atoms with van der Waals surface area (Å²) >= 11 is 0. The second-order valence-electron chi connectivity index (χ2n) is 6.00. The molecule has 3 aromatic rings. The fraction of sp³-hybridized carbons (Fsp3) is 0.176. The molecule has 0 bridgehead atoms. The molecule has 1 heterocycles. The number of hydrogen-bond acceptors (Lipinski definition) is 4. The molecule has 1 aromatic heterocycles. The highest BCUT2D eigenvalue weighted by Gasteiger charge is 2.37. The number of halogens is 6. The molecule has 0 radical (unpaired) electrons. The van der Waals surface area contributed by atoms with Gasteiger partial charge in [-0.05, 0) is 59.3 Å². The normalized spacial score (nSPS) is 12.1. The summed E-state index contributed by atoms with van der Waals surface area (Å²) in [5, 5.41) is 12.7. The first kappa shape index (κ1) is 20.3. The largest absolute Gasteiger partial charge is 0.416 e. The lowest BCUT2D eigenvalue weighted by Gasteiger charge is -2.15. The lowest BCUT2D eigenvalue weighted by atomic mass is 10.1. The van der Waals surface area contributed by atoms with Crippen molar-refractivity contribution in [1.82, 2.24) is 20.2 Å². The first-order valence-corrected chi connectivity index (χ1v) is 7.90. The van der Waals surface area contributed by atoms with Crippen LogP contribution in [0.4, 0.5) is 32.0 Å². The van der Waals surface area contributed by atoms with Crippen LogP contribution < -0.4 is 5.32 Å². The summed E-state index contributed by atoms with van der Waals surface area (Å²) < 4.78 is 78.9. The van der Waals surface area contributed by atoms with Gasteiger partial charge in [0, 0.05) is 11.3 Å². The van der Waals surface area contributed by atoms with E-state index in [0.29, 0.717) is 23.4 Å². The minimum absolute atomic E-state index is 0.0131. The molecule has 1 N–H and O–H groups in total. The fourth-order valence-corrected chi connectivity index (χ4v) is 2.56. The zero-order chi connectivity index (χ0) is 21.4. The lowest BCUT2D eigenvalue weighted by Crippen LogP contribution is -2.16. The molecule has 0 saturated heterocycles. The summed E-state index contributed by atoms with van der Waals surface area (Å²) in [5.74, 6) is -0.871. The van der Waals surface area contributed by atoms with E-state index in [1.165, 1.54) is 29.2 Å². The fourth-order valence-electron chi connectivity index (χ4n) is 2.56. The van der Waals surface area contributed by atoms with Gasteiger partial charge in [0.2, 0.25) is 0 Å². The predicted molar refractivity (Wildman–Crippen MR) is 88.3 cm³/mol. The van der Waals surface area contributed by atoms with Crippen LogP contribution in [-0.2, 0) is 12.4 Å². The third-order valence-electron chi connectivity index (χ3n) is 3.90. The van der Waals surface area contributed by atoms with Gasteiger partial charge >= 0.3 is 12.4 Å². The molecule has 0 fully saturated rings. The van der Waals surface area contributed by atoms with E-state index in [4.69, 9.17) is 0 Å². The molecule has 2 aromatic carbocycles. The number of anilines is 1.